The largest absolute Gasteiger partial charge is 0.544 e. The van der Waals surface area contributed by atoms with Gasteiger partial charge in [-0.3, -0.25) is 9.59 Å². The van der Waals surface area contributed by atoms with E-state index in [1.54, 1.807) is 21.1 Å². The molecule has 0 rings (SSSR count). The number of quaternary nitrogens is 1. The van der Waals surface area contributed by atoms with E-state index in [0.717, 1.165) is 64.2 Å². The Hall–Kier alpha value is -2.71. The molecule has 0 saturated carbocycles. The van der Waals surface area contributed by atoms with Gasteiger partial charge in [0.05, 0.1) is 40.3 Å². The molecule has 8 heteroatoms. The van der Waals surface area contributed by atoms with Crippen LogP contribution in [0.1, 0.15) is 219 Å². The third-order valence-corrected chi connectivity index (χ3v) is 11.3. The molecule has 61 heavy (non-hydrogen) atoms. The highest BCUT2D eigenvalue weighted by molar-refractivity contribution is 5.70. The van der Waals surface area contributed by atoms with E-state index in [1.165, 1.54) is 122 Å². The first-order chi connectivity index (χ1) is 29.6. The summed E-state index contributed by atoms with van der Waals surface area (Å²) >= 11 is 0. The van der Waals surface area contributed by atoms with Crippen molar-refractivity contribution < 1.29 is 38.2 Å². The number of hydrogen-bond acceptors (Lipinski definition) is 7. The van der Waals surface area contributed by atoms with Crippen molar-refractivity contribution in [3.63, 3.8) is 0 Å². The van der Waals surface area contributed by atoms with E-state index in [1.807, 2.05) is 24.3 Å². The van der Waals surface area contributed by atoms with Gasteiger partial charge in [-0.2, -0.15) is 0 Å². The molecular weight excluding hydrogens is 763 g/mol. The predicted octanol–water partition coefficient (Wildman–Crippen LogP) is 13.0. The quantitative estimate of drug-likeness (QED) is 0.0260. The monoisotopic (exact) mass is 858 g/mol. The van der Waals surface area contributed by atoms with E-state index in [9.17, 15) is 19.5 Å². The van der Waals surface area contributed by atoms with Gasteiger partial charge < -0.3 is 28.6 Å². The number of unbranched alkanes of at least 4 members (excludes halogenated alkanes) is 26. The SMILES string of the molecule is CC/C=C/C=C/C=C/C=C/CCCCCCCC(=O)OCC(COCCC(C(=O)[O-])[N+](C)(C)C)OC(=O)CCCCCCCCCCCCCCCCCCCCCCCC. The van der Waals surface area contributed by atoms with Crippen molar-refractivity contribution in [2.45, 2.75) is 231 Å². The molecule has 0 aromatic carbocycles. The van der Waals surface area contributed by atoms with Gasteiger partial charge in [0.25, 0.3) is 0 Å². The van der Waals surface area contributed by atoms with Gasteiger partial charge in [-0.1, -0.05) is 217 Å². The van der Waals surface area contributed by atoms with E-state index in [0.29, 0.717) is 12.8 Å². The molecule has 0 N–H and O–H groups in total. The minimum atomic E-state index is -1.13. The number of rotatable bonds is 45. The number of carboxylic acids is 1. The first kappa shape index (κ1) is 58.3. The van der Waals surface area contributed by atoms with Gasteiger partial charge in [0, 0.05) is 19.3 Å². The number of carbonyl (C=O) groups excluding carboxylic acids is 3. The van der Waals surface area contributed by atoms with Gasteiger partial charge >= 0.3 is 11.9 Å². The topological polar surface area (TPSA) is 102 Å². The summed E-state index contributed by atoms with van der Waals surface area (Å²) in [6.07, 6.45) is 52.9. The Morgan fingerprint density at radius 3 is 1.36 bits per heavy atom. The van der Waals surface area contributed by atoms with E-state index in [-0.39, 0.29) is 42.7 Å². The van der Waals surface area contributed by atoms with Crippen LogP contribution in [-0.2, 0) is 28.6 Å². The zero-order valence-corrected chi connectivity index (χ0v) is 40.3. The van der Waals surface area contributed by atoms with Crippen molar-refractivity contribution in [3.8, 4) is 0 Å². The zero-order chi connectivity index (χ0) is 44.9. The van der Waals surface area contributed by atoms with Crippen LogP contribution in [-0.4, -0.2) is 75.5 Å². The molecule has 0 aliphatic rings. The summed E-state index contributed by atoms with van der Waals surface area (Å²) in [4.78, 5) is 37.0. The van der Waals surface area contributed by atoms with Crippen LogP contribution < -0.4 is 5.11 Å². The molecule has 0 aromatic heterocycles. The highest BCUT2D eigenvalue weighted by Gasteiger charge is 2.25. The maximum Gasteiger partial charge on any atom is 0.306 e. The Kier molecular flexibility index (Phi) is 42.0. The van der Waals surface area contributed by atoms with Crippen LogP contribution in [0.5, 0.6) is 0 Å². The molecule has 0 saturated heterocycles. The van der Waals surface area contributed by atoms with Gasteiger partial charge in [-0.25, -0.2) is 0 Å². The summed E-state index contributed by atoms with van der Waals surface area (Å²) in [7, 11) is 5.41. The molecule has 0 spiro atoms. The molecule has 2 atom stereocenters. The molecule has 0 amide bonds. The van der Waals surface area contributed by atoms with Crippen LogP contribution >= 0.6 is 0 Å². The third kappa shape index (κ3) is 42.4. The summed E-state index contributed by atoms with van der Waals surface area (Å²) < 4.78 is 17.2. The van der Waals surface area contributed by atoms with Gasteiger partial charge in [0.1, 0.15) is 12.6 Å². The normalized spacial score (nSPS) is 13.3. The third-order valence-electron chi connectivity index (χ3n) is 11.3. The van der Waals surface area contributed by atoms with Crippen LogP contribution in [0, 0.1) is 0 Å². The Morgan fingerprint density at radius 1 is 0.508 bits per heavy atom. The van der Waals surface area contributed by atoms with Gasteiger partial charge in [0.15, 0.2) is 6.10 Å². The number of carbonyl (C=O) groups is 3. The lowest BCUT2D eigenvalue weighted by atomic mass is 10.0. The molecule has 0 aromatic rings. The summed E-state index contributed by atoms with van der Waals surface area (Å²) in [6, 6.07) is -0.730. The molecule has 2 unspecified atom stereocenters. The first-order valence-corrected chi connectivity index (χ1v) is 25.2. The maximum absolute atomic E-state index is 12.8. The van der Waals surface area contributed by atoms with Gasteiger partial charge in [-0.05, 0) is 32.1 Å². The molecule has 0 aliphatic carbocycles. The average Bonchev–Trinajstić information content (AvgIpc) is 3.22. The summed E-state index contributed by atoms with van der Waals surface area (Å²) in [5.74, 6) is -1.76. The van der Waals surface area contributed by atoms with E-state index in [4.69, 9.17) is 14.2 Å². The van der Waals surface area contributed by atoms with Crippen molar-refractivity contribution in [1.82, 2.24) is 0 Å². The Morgan fingerprint density at radius 2 is 0.918 bits per heavy atom. The summed E-state index contributed by atoms with van der Waals surface area (Å²) in [5.41, 5.74) is 0. The molecule has 354 valence electrons. The highest BCUT2D eigenvalue weighted by Crippen LogP contribution is 2.16. The minimum absolute atomic E-state index is 0.0343. The lowest BCUT2D eigenvalue weighted by Crippen LogP contribution is -2.55. The number of esters is 2. The minimum Gasteiger partial charge on any atom is -0.544 e. The predicted molar refractivity (Wildman–Crippen MR) is 254 cm³/mol. The van der Waals surface area contributed by atoms with Crippen molar-refractivity contribution in [2.75, 3.05) is 41.0 Å². The summed E-state index contributed by atoms with van der Waals surface area (Å²) in [5, 5.41) is 11.7. The van der Waals surface area contributed by atoms with Crippen LogP contribution in [0.3, 0.4) is 0 Å². The second kappa shape index (κ2) is 43.9. The van der Waals surface area contributed by atoms with Crippen LogP contribution in [0.25, 0.3) is 0 Å². The Balaban J connectivity index is 4.23. The first-order valence-electron chi connectivity index (χ1n) is 25.2. The zero-order valence-electron chi connectivity index (χ0n) is 40.3. The van der Waals surface area contributed by atoms with E-state index in [2.05, 4.69) is 38.2 Å². The highest BCUT2D eigenvalue weighted by atomic mass is 16.6. The fourth-order valence-electron chi connectivity index (χ4n) is 7.44. The number of nitrogens with zero attached hydrogens (tertiary/aromatic N) is 1. The van der Waals surface area contributed by atoms with E-state index < -0.39 is 18.1 Å². The lowest BCUT2D eigenvalue weighted by molar-refractivity contribution is -0.889. The number of allylic oxidation sites excluding steroid dienone is 8. The second-order valence-electron chi connectivity index (χ2n) is 18.1. The average molecular weight is 858 g/mol. The lowest BCUT2D eigenvalue weighted by Gasteiger charge is -2.34. The van der Waals surface area contributed by atoms with Gasteiger partial charge in [0.2, 0.25) is 0 Å². The number of ether oxygens (including phenoxy) is 3. The summed E-state index contributed by atoms with van der Waals surface area (Å²) in [6.45, 7) is 4.53. The smallest absolute Gasteiger partial charge is 0.306 e. The van der Waals surface area contributed by atoms with Crippen molar-refractivity contribution in [3.05, 3.63) is 48.6 Å². The Labute approximate surface area is 376 Å². The van der Waals surface area contributed by atoms with Crippen LogP contribution in [0.4, 0.5) is 0 Å². The fraction of sp³-hybridized carbons (Fsp3) is 0.792. The fourth-order valence-corrected chi connectivity index (χ4v) is 7.44. The molecule has 8 nitrogen and oxygen atoms in total. The van der Waals surface area contributed by atoms with Gasteiger partial charge in [-0.15, -0.1) is 0 Å². The standard InChI is InChI=1S/C53H95NO7/c1-6-8-10-12-14-16-18-20-22-23-24-25-26-27-28-30-32-34-36-38-40-42-44-52(56)61-49(47-59-46-45-50(53(57)58)54(3,4)5)48-60-51(55)43-41-39-37-35-33-31-29-21-19-17-15-13-11-9-7-2/h9,11,13,15,17,19,21,29,49-50H,6-8,10,12,14,16,18,20,22-28,30-48H2,1-5H3/b11-9+,15-13+,19-17+,29-21+. The van der Waals surface area contributed by atoms with Crippen molar-refractivity contribution >= 4 is 17.9 Å². The van der Waals surface area contributed by atoms with Crippen LogP contribution in [0.15, 0.2) is 48.6 Å². The number of carboxylic acid groups (broad SMARTS) is 1. The van der Waals surface area contributed by atoms with Crippen LogP contribution in [0.2, 0.25) is 0 Å². The van der Waals surface area contributed by atoms with Crippen molar-refractivity contribution in [2.24, 2.45) is 0 Å². The van der Waals surface area contributed by atoms with Crippen molar-refractivity contribution in [1.29, 1.82) is 0 Å². The van der Waals surface area contributed by atoms with E-state index >= 15 is 0 Å². The molecule has 0 bridgehead atoms. The molecular formula is C53H95NO7. The number of hydrogen-bond donors (Lipinski definition) is 0. The molecule has 0 aliphatic heterocycles. The molecule has 0 fully saturated rings. The number of likely N-dealkylation sites (N-methyl/N-ethyl adjacent to an activating group) is 1. The second-order valence-corrected chi connectivity index (χ2v) is 18.1. The molecule has 0 heterocycles. The number of aliphatic carboxylic acids is 1. The maximum atomic E-state index is 12.8. The molecule has 0 radical (unpaired) electrons. The Bertz CT molecular complexity index is 1140.